The Bertz CT molecular complexity index is 818. The molecule has 0 aromatic heterocycles. The van der Waals surface area contributed by atoms with Gasteiger partial charge in [-0.3, -0.25) is 4.79 Å². The standard InChI is InChI=1S/C22H27F2NO2/c1-13(2)16-7-6-8-18(21(16)24)20(26)11-14(3)17-10-9-15(12-19(17)23)22(27)25(4)5/h6-10,12-14,20,26H,11H2,1-5H3. The van der Waals surface area contributed by atoms with E-state index < -0.39 is 17.7 Å². The lowest BCUT2D eigenvalue weighted by atomic mass is 9.89. The highest BCUT2D eigenvalue weighted by Gasteiger charge is 2.22. The van der Waals surface area contributed by atoms with Crippen molar-refractivity contribution in [1.82, 2.24) is 4.90 Å². The number of carbonyl (C=O) groups excluding carboxylic acids is 1. The lowest BCUT2D eigenvalue weighted by molar-refractivity contribution is 0.0827. The first-order valence-electron chi connectivity index (χ1n) is 9.10. The molecule has 2 aromatic rings. The Kier molecular flexibility index (Phi) is 6.71. The van der Waals surface area contributed by atoms with Gasteiger partial charge in [-0.15, -0.1) is 0 Å². The number of benzene rings is 2. The number of aliphatic hydroxyl groups excluding tert-OH is 1. The van der Waals surface area contributed by atoms with Gasteiger partial charge in [-0.2, -0.15) is 0 Å². The van der Waals surface area contributed by atoms with E-state index in [0.717, 1.165) is 0 Å². The van der Waals surface area contributed by atoms with Crippen LogP contribution >= 0.6 is 0 Å². The average Bonchev–Trinajstić information content (AvgIpc) is 2.60. The highest BCUT2D eigenvalue weighted by Crippen LogP contribution is 2.33. The summed E-state index contributed by atoms with van der Waals surface area (Å²) in [5.41, 5.74) is 1.44. The second kappa shape index (κ2) is 8.61. The van der Waals surface area contributed by atoms with Gasteiger partial charge in [0.15, 0.2) is 0 Å². The Morgan fingerprint density at radius 3 is 2.22 bits per heavy atom. The van der Waals surface area contributed by atoms with Gasteiger partial charge in [-0.05, 0) is 41.5 Å². The summed E-state index contributed by atoms with van der Waals surface area (Å²) in [6.07, 6.45) is -0.864. The molecule has 0 spiro atoms. The van der Waals surface area contributed by atoms with Crippen molar-refractivity contribution in [2.45, 2.75) is 45.1 Å². The third kappa shape index (κ3) is 4.72. The van der Waals surface area contributed by atoms with Crippen LogP contribution in [-0.4, -0.2) is 30.0 Å². The normalized spacial score (nSPS) is 13.5. The van der Waals surface area contributed by atoms with Crippen LogP contribution in [0, 0.1) is 11.6 Å². The van der Waals surface area contributed by atoms with Crippen LogP contribution in [0.4, 0.5) is 8.78 Å². The smallest absolute Gasteiger partial charge is 0.253 e. The van der Waals surface area contributed by atoms with Crippen molar-refractivity contribution < 1.29 is 18.7 Å². The van der Waals surface area contributed by atoms with Crippen LogP contribution in [0.1, 0.15) is 72.2 Å². The van der Waals surface area contributed by atoms with E-state index in [9.17, 15) is 18.7 Å². The molecule has 1 amide bonds. The van der Waals surface area contributed by atoms with Crippen LogP contribution in [0.15, 0.2) is 36.4 Å². The predicted octanol–water partition coefficient (Wildman–Crippen LogP) is 5.02. The van der Waals surface area contributed by atoms with E-state index in [4.69, 9.17) is 0 Å². The zero-order valence-electron chi connectivity index (χ0n) is 16.5. The fourth-order valence-corrected chi connectivity index (χ4v) is 3.18. The van der Waals surface area contributed by atoms with Crippen LogP contribution < -0.4 is 0 Å². The van der Waals surface area contributed by atoms with Gasteiger partial charge in [0, 0.05) is 25.2 Å². The minimum Gasteiger partial charge on any atom is -0.388 e. The zero-order chi connectivity index (χ0) is 20.3. The maximum absolute atomic E-state index is 14.6. The van der Waals surface area contributed by atoms with Crippen molar-refractivity contribution in [3.05, 3.63) is 70.3 Å². The molecule has 1 N–H and O–H groups in total. The quantitative estimate of drug-likeness (QED) is 0.770. The number of hydrogen-bond donors (Lipinski definition) is 1. The molecule has 0 radical (unpaired) electrons. The molecule has 0 saturated carbocycles. The van der Waals surface area contributed by atoms with Crippen LogP contribution in [0.2, 0.25) is 0 Å². The molecule has 5 heteroatoms. The average molecular weight is 375 g/mol. The summed E-state index contributed by atoms with van der Waals surface area (Å²) in [6, 6.07) is 9.34. The van der Waals surface area contributed by atoms with Crippen molar-refractivity contribution in [2.75, 3.05) is 14.1 Å². The molecular weight excluding hydrogens is 348 g/mol. The maximum atomic E-state index is 14.6. The number of carbonyl (C=O) groups is 1. The largest absolute Gasteiger partial charge is 0.388 e. The van der Waals surface area contributed by atoms with E-state index in [1.807, 2.05) is 13.8 Å². The highest BCUT2D eigenvalue weighted by molar-refractivity contribution is 5.93. The van der Waals surface area contributed by atoms with Crippen molar-refractivity contribution >= 4 is 5.91 Å². The Morgan fingerprint density at radius 2 is 1.67 bits per heavy atom. The maximum Gasteiger partial charge on any atom is 0.253 e. The summed E-state index contributed by atoms with van der Waals surface area (Å²) in [5, 5.41) is 10.5. The van der Waals surface area contributed by atoms with Crippen molar-refractivity contribution in [3.8, 4) is 0 Å². The van der Waals surface area contributed by atoms with E-state index in [0.29, 0.717) is 11.1 Å². The van der Waals surface area contributed by atoms with Crippen molar-refractivity contribution in [1.29, 1.82) is 0 Å². The van der Waals surface area contributed by atoms with Gasteiger partial charge in [0.1, 0.15) is 11.6 Å². The summed E-state index contributed by atoms with van der Waals surface area (Å²) in [6.45, 7) is 5.56. The first-order chi connectivity index (χ1) is 12.6. The minimum absolute atomic E-state index is 0.00814. The van der Waals surface area contributed by atoms with E-state index in [1.165, 1.54) is 11.0 Å². The second-order valence-electron chi connectivity index (χ2n) is 7.49. The molecule has 0 aliphatic carbocycles. The molecular formula is C22H27F2NO2. The summed E-state index contributed by atoms with van der Waals surface area (Å²) >= 11 is 0. The molecule has 0 fully saturated rings. The number of rotatable bonds is 6. The highest BCUT2D eigenvalue weighted by atomic mass is 19.1. The molecule has 27 heavy (non-hydrogen) atoms. The summed E-state index contributed by atoms with van der Waals surface area (Å²) in [7, 11) is 3.21. The van der Waals surface area contributed by atoms with Crippen LogP contribution in [0.25, 0.3) is 0 Å². The summed E-state index contributed by atoms with van der Waals surface area (Å²) in [5.74, 6) is -1.52. The zero-order valence-corrected chi connectivity index (χ0v) is 16.5. The molecule has 0 bridgehead atoms. The SMILES string of the molecule is CC(C)c1cccc(C(O)CC(C)c2ccc(C(=O)N(C)C)cc2F)c1F. The van der Waals surface area contributed by atoms with Gasteiger partial charge in [0.2, 0.25) is 0 Å². The fourth-order valence-electron chi connectivity index (χ4n) is 3.18. The molecule has 2 rings (SSSR count). The minimum atomic E-state index is -1.04. The lowest BCUT2D eigenvalue weighted by Crippen LogP contribution is -2.22. The Hall–Kier alpha value is -2.27. The monoisotopic (exact) mass is 375 g/mol. The van der Waals surface area contributed by atoms with Gasteiger partial charge in [0.25, 0.3) is 5.91 Å². The first-order valence-corrected chi connectivity index (χ1v) is 9.10. The molecule has 3 nitrogen and oxygen atoms in total. The first kappa shape index (κ1) is 21.0. The third-order valence-electron chi connectivity index (χ3n) is 4.80. The van der Waals surface area contributed by atoms with Crippen molar-refractivity contribution in [2.24, 2.45) is 0 Å². The summed E-state index contributed by atoms with van der Waals surface area (Å²) < 4.78 is 29.1. The summed E-state index contributed by atoms with van der Waals surface area (Å²) in [4.78, 5) is 13.3. The number of amides is 1. The number of halogens is 2. The molecule has 2 aromatic carbocycles. The Morgan fingerprint density at radius 1 is 1.04 bits per heavy atom. The van der Waals surface area contributed by atoms with E-state index in [2.05, 4.69) is 0 Å². The van der Waals surface area contributed by atoms with Crippen LogP contribution in [0.3, 0.4) is 0 Å². The van der Waals surface area contributed by atoms with Gasteiger partial charge in [-0.25, -0.2) is 8.78 Å². The third-order valence-corrected chi connectivity index (χ3v) is 4.80. The molecule has 0 heterocycles. The Balaban J connectivity index is 2.21. The molecule has 2 unspecified atom stereocenters. The van der Waals surface area contributed by atoms with E-state index >= 15 is 0 Å². The predicted molar refractivity (Wildman–Crippen MR) is 103 cm³/mol. The molecule has 0 aliphatic rings. The van der Waals surface area contributed by atoms with Gasteiger partial charge in [0.05, 0.1) is 6.10 Å². The molecule has 2 atom stereocenters. The molecule has 0 aliphatic heterocycles. The topological polar surface area (TPSA) is 40.5 Å². The lowest BCUT2D eigenvalue weighted by Gasteiger charge is -2.20. The second-order valence-corrected chi connectivity index (χ2v) is 7.49. The van der Waals surface area contributed by atoms with E-state index in [1.54, 1.807) is 51.4 Å². The van der Waals surface area contributed by atoms with Gasteiger partial charge >= 0.3 is 0 Å². The van der Waals surface area contributed by atoms with E-state index in [-0.39, 0.29) is 35.3 Å². The molecule has 146 valence electrons. The van der Waals surface area contributed by atoms with Crippen LogP contribution in [0.5, 0.6) is 0 Å². The Labute approximate surface area is 159 Å². The van der Waals surface area contributed by atoms with Crippen molar-refractivity contribution in [3.63, 3.8) is 0 Å². The van der Waals surface area contributed by atoms with Gasteiger partial charge < -0.3 is 10.0 Å². The van der Waals surface area contributed by atoms with Crippen LogP contribution in [-0.2, 0) is 0 Å². The fraction of sp³-hybridized carbons (Fsp3) is 0.409. The number of aliphatic hydroxyl groups is 1. The number of hydrogen-bond acceptors (Lipinski definition) is 2. The number of nitrogens with zero attached hydrogens (tertiary/aromatic N) is 1. The molecule has 0 saturated heterocycles. The van der Waals surface area contributed by atoms with Gasteiger partial charge in [-0.1, -0.05) is 45.0 Å².